The molecular weight excluding hydrogens is 256 g/mol. The lowest BCUT2D eigenvalue weighted by Gasteiger charge is -2.39. The van der Waals surface area contributed by atoms with Gasteiger partial charge in [0, 0.05) is 26.0 Å². The van der Waals surface area contributed by atoms with Crippen LogP contribution in [-0.4, -0.2) is 53.3 Å². The molecular formula is C15H22N2O3. The summed E-state index contributed by atoms with van der Waals surface area (Å²) in [7, 11) is 3.34. The number of likely N-dealkylation sites (N-methyl/N-ethyl adjacent to an activating group) is 1. The van der Waals surface area contributed by atoms with Gasteiger partial charge in [0.2, 0.25) is 0 Å². The zero-order chi connectivity index (χ0) is 14.7. The lowest BCUT2D eigenvalue weighted by molar-refractivity contribution is -0.0714. The molecule has 1 aliphatic carbocycles. The van der Waals surface area contributed by atoms with Gasteiger partial charge in [0.25, 0.3) is 5.91 Å². The van der Waals surface area contributed by atoms with Crippen molar-refractivity contribution in [2.75, 3.05) is 14.2 Å². The summed E-state index contributed by atoms with van der Waals surface area (Å²) < 4.78 is 5.29. The Kier molecular flexibility index (Phi) is 4.73. The molecule has 1 aromatic rings. The molecule has 1 fully saturated rings. The van der Waals surface area contributed by atoms with Crippen molar-refractivity contribution in [2.24, 2.45) is 0 Å². The largest absolute Gasteiger partial charge is 0.388 e. The summed E-state index contributed by atoms with van der Waals surface area (Å²) in [5, 5.41) is 10.3. The first-order chi connectivity index (χ1) is 9.56. The number of aliphatic hydroxyl groups is 1. The maximum atomic E-state index is 12.5. The number of aliphatic hydroxyl groups excluding tert-OH is 1. The molecule has 0 aliphatic heterocycles. The Hall–Kier alpha value is -1.46. The molecule has 0 radical (unpaired) electrons. The van der Waals surface area contributed by atoms with Crippen molar-refractivity contribution in [1.82, 2.24) is 9.88 Å². The first kappa shape index (κ1) is 14.9. The van der Waals surface area contributed by atoms with E-state index in [9.17, 15) is 9.90 Å². The molecule has 0 saturated heterocycles. The Morgan fingerprint density at radius 2 is 2.25 bits per heavy atom. The van der Waals surface area contributed by atoms with Gasteiger partial charge in [-0.25, -0.2) is 0 Å². The molecule has 110 valence electrons. The molecule has 20 heavy (non-hydrogen) atoms. The number of hydrogen-bond acceptors (Lipinski definition) is 4. The van der Waals surface area contributed by atoms with Gasteiger partial charge in [-0.05, 0) is 38.3 Å². The van der Waals surface area contributed by atoms with Gasteiger partial charge in [-0.1, -0.05) is 0 Å². The summed E-state index contributed by atoms with van der Waals surface area (Å²) in [6, 6.07) is 3.31. The van der Waals surface area contributed by atoms with E-state index in [1.54, 1.807) is 37.4 Å². The summed E-state index contributed by atoms with van der Waals surface area (Å²) in [5.74, 6) is -0.101. The van der Waals surface area contributed by atoms with Crippen LogP contribution < -0.4 is 0 Å². The topological polar surface area (TPSA) is 62.7 Å². The molecule has 1 N–H and O–H groups in total. The second-order valence-corrected chi connectivity index (χ2v) is 5.32. The van der Waals surface area contributed by atoms with Crippen LogP contribution in [0.5, 0.6) is 0 Å². The summed E-state index contributed by atoms with van der Waals surface area (Å²) in [5.41, 5.74) is 1.29. The minimum Gasteiger partial charge on any atom is -0.388 e. The number of rotatable bonds is 3. The number of pyridine rings is 1. The third kappa shape index (κ3) is 2.83. The van der Waals surface area contributed by atoms with E-state index in [-0.39, 0.29) is 18.1 Å². The summed E-state index contributed by atoms with van der Waals surface area (Å²) in [4.78, 5) is 18.3. The molecule has 1 aromatic heterocycles. The Morgan fingerprint density at radius 1 is 1.50 bits per heavy atom. The van der Waals surface area contributed by atoms with Gasteiger partial charge in [0.15, 0.2) is 0 Å². The molecule has 0 bridgehead atoms. The second-order valence-electron chi connectivity index (χ2n) is 5.32. The first-order valence-electron chi connectivity index (χ1n) is 6.96. The van der Waals surface area contributed by atoms with E-state index in [1.165, 1.54) is 0 Å². The van der Waals surface area contributed by atoms with E-state index in [2.05, 4.69) is 4.98 Å². The van der Waals surface area contributed by atoms with E-state index in [1.807, 2.05) is 6.92 Å². The Balaban J connectivity index is 2.16. The zero-order valence-electron chi connectivity index (χ0n) is 12.2. The van der Waals surface area contributed by atoms with Crippen LogP contribution in [0.1, 0.15) is 35.3 Å². The van der Waals surface area contributed by atoms with Crippen molar-refractivity contribution in [3.63, 3.8) is 0 Å². The lowest BCUT2D eigenvalue weighted by atomic mass is 9.88. The fourth-order valence-electron chi connectivity index (χ4n) is 2.85. The van der Waals surface area contributed by atoms with Crippen LogP contribution >= 0.6 is 0 Å². The summed E-state index contributed by atoms with van der Waals surface area (Å²) in [6.45, 7) is 1.82. The standard InChI is InChI=1S/C15H22N2O3/c1-10-11(6-5-9-16-10)15(19)17(2)12-7-4-8-13(20-3)14(12)18/h5-6,9,12-14,18H,4,7-8H2,1-3H3/t12-,13-,14-/m1/s1. The third-order valence-corrected chi connectivity index (χ3v) is 4.12. The van der Waals surface area contributed by atoms with E-state index in [0.29, 0.717) is 11.3 Å². The predicted octanol–water partition coefficient (Wildman–Crippen LogP) is 1.39. The molecule has 1 aliphatic rings. The number of aromatic nitrogens is 1. The quantitative estimate of drug-likeness (QED) is 0.907. The molecule has 3 atom stereocenters. The van der Waals surface area contributed by atoms with Crippen LogP contribution in [0.15, 0.2) is 18.3 Å². The second kappa shape index (κ2) is 6.33. The number of aryl methyl sites for hydroxylation is 1. The number of nitrogens with zero attached hydrogens (tertiary/aromatic N) is 2. The molecule has 5 nitrogen and oxygen atoms in total. The van der Waals surface area contributed by atoms with Crippen LogP contribution in [0.25, 0.3) is 0 Å². The van der Waals surface area contributed by atoms with Gasteiger partial charge in [-0.3, -0.25) is 9.78 Å². The van der Waals surface area contributed by atoms with Crippen molar-refractivity contribution in [3.05, 3.63) is 29.6 Å². The van der Waals surface area contributed by atoms with Gasteiger partial charge in [-0.2, -0.15) is 0 Å². The molecule has 0 spiro atoms. The van der Waals surface area contributed by atoms with Gasteiger partial charge in [0.05, 0.1) is 17.7 Å². The maximum absolute atomic E-state index is 12.5. The van der Waals surface area contributed by atoms with E-state index in [4.69, 9.17) is 4.74 Å². The van der Waals surface area contributed by atoms with E-state index < -0.39 is 6.10 Å². The van der Waals surface area contributed by atoms with Gasteiger partial charge < -0.3 is 14.7 Å². The third-order valence-electron chi connectivity index (χ3n) is 4.12. The summed E-state index contributed by atoms with van der Waals surface area (Å²) >= 11 is 0. The molecule has 2 rings (SSSR count). The van der Waals surface area contributed by atoms with Crippen molar-refractivity contribution >= 4 is 5.91 Å². The highest BCUT2D eigenvalue weighted by molar-refractivity contribution is 5.95. The highest BCUT2D eigenvalue weighted by Crippen LogP contribution is 2.26. The van der Waals surface area contributed by atoms with Gasteiger partial charge in [-0.15, -0.1) is 0 Å². The van der Waals surface area contributed by atoms with E-state index >= 15 is 0 Å². The zero-order valence-corrected chi connectivity index (χ0v) is 12.2. The molecule has 1 heterocycles. The van der Waals surface area contributed by atoms with E-state index in [0.717, 1.165) is 19.3 Å². The fraction of sp³-hybridized carbons (Fsp3) is 0.600. The first-order valence-corrected chi connectivity index (χ1v) is 6.96. The number of methoxy groups -OCH3 is 1. The Morgan fingerprint density at radius 3 is 2.90 bits per heavy atom. The Bertz CT molecular complexity index is 478. The Labute approximate surface area is 119 Å². The average Bonchev–Trinajstić information content (AvgIpc) is 2.46. The molecule has 5 heteroatoms. The average molecular weight is 278 g/mol. The minimum absolute atomic E-state index is 0.101. The lowest BCUT2D eigenvalue weighted by Crippen LogP contribution is -2.52. The van der Waals surface area contributed by atoms with Crippen molar-refractivity contribution in [1.29, 1.82) is 0 Å². The van der Waals surface area contributed by atoms with Crippen molar-refractivity contribution in [2.45, 2.75) is 44.4 Å². The fourth-order valence-corrected chi connectivity index (χ4v) is 2.85. The normalized spacial score (nSPS) is 26.3. The smallest absolute Gasteiger partial charge is 0.255 e. The van der Waals surface area contributed by atoms with Crippen molar-refractivity contribution < 1.29 is 14.6 Å². The molecule has 0 aromatic carbocycles. The molecule has 0 unspecified atom stereocenters. The molecule has 1 amide bonds. The van der Waals surface area contributed by atoms with Crippen molar-refractivity contribution in [3.8, 4) is 0 Å². The van der Waals surface area contributed by atoms with Crippen LogP contribution in [0.2, 0.25) is 0 Å². The minimum atomic E-state index is -0.639. The van der Waals surface area contributed by atoms with Crippen LogP contribution in [0.4, 0.5) is 0 Å². The number of ether oxygens (including phenoxy) is 1. The van der Waals surface area contributed by atoms with Gasteiger partial charge in [0.1, 0.15) is 6.10 Å². The number of carbonyl (C=O) groups excluding carboxylic acids is 1. The highest BCUT2D eigenvalue weighted by Gasteiger charge is 2.36. The predicted molar refractivity (Wildman–Crippen MR) is 75.5 cm³/mol. The maximum Gasteiger partial charge on any atom is 0.255 e. The van der Waals surface area contributed by atoms with Gasteiger partial charge >= 0.3 is 0 Å². The molecule has 1 saturated carbocycles. The SMILES string of the molecule is CO[C@@H]1CCC[C@@H](N(C)C(=O)c2cccnc2C)[C@H]1O. The number of amides is 1. The van der Waals surface area contributed by atoms with Crippen LogP contribution in [0.3, 0.4) is 0 Å². The summed E-state index contributed by atoms with van der Waals surface area (Å²) in [6.07, 6.45) is 3.41. The van der Waals surface area contributed by atoms with Crippen LogP contribution in [0, 0.1) is 6.92 Å². The number of hydrogen-bond donors (Lipinski definition) is 1. The van der Waals surface area contributed by atoms with Crippen LogP contribution in [-0.2, 0) is 4.74 Å². The highest BCUT2D eigenvalue weighted by atomic mass is 16.5. The monoisotopic (exact) mass is 278 g/mol. The number of carbonyl (C=O) groups is 1.